The summed E-state index contributed by atoms with van der Waals surface area (Å²) in [5.41, 5.74) is 0.477. The van der Waals surface area contributed by atoms with Crippen LogP contribution in [0.15, 0.2) is 18.2 Å². The van der Waals surface area contributed by atoms with E-state index in [4.69, 9.17) is 9.47 Å². The van der Waals surface area contributed by atoms with Crippen molar-refractivity contribution in [3.8, 4) is 11.5 Å². The third kappa shape index (κ3) is 4.86. The van der Waals surface area contributed by atoms with Crippen molar-refractivity contribution in [1.29, 1.82) is 0 Å². The van der Waals surface area contributed by atoms with Gasteiger partial charge in [-0.15, -0.1) is 0 Å². The average molecular weight is 341 g/mol. The average Bonchev–Trinajstić information content (AvgIpc) is 2.51. The molecule has 1 N–H and O–H groups in total. The van der Waals surface area contributed by atoms with E-state index in [-0.39, 0.29) is 23.5 Å². The Morgan fingerprint density at radius 3 is 2.35 bits per heavy atom. The van der Waals surface area contributed by atoms with Crippen molar-refractivity contribution < 1.29 is 22.7 Å². The normalized spacial score (nSPS) is 17.5. The van der Waals surface area contributed by atoms with Gasteiger partial charge in [-0.05, 0) is 44.9 Å². The molecule has 0 unspecified atom stereocenters. The summed E-state index contributed by atoms with van der Waals surface area (Å²) in [5.74, 6) is 1.18. The van der Waals surface area contributed by atoms with Gasteiger partial charge in [-0.25, -0.2) is 8.42 Å². The maximum atomic E-state index is 12.3. The summed E-state index contributed by atoms with van der Waals surface area (Å²) in [6, 6.07) is 4.95. The third-order valence-corrected chi connectivity index (χ3v) is 5.41. The van der Waals surface area contributed by atoms with Gasteiger partial charge in [-0.3, -0.25) is 4.79 Å². The number of benzene rings is 1. The Bertz CT molecular complexity index is 642. The minimum Gasteiger partial charge on any atom is -0.490 e. The zero-order valence-electron chi connectivity index (χ0n) is 13.5. The van der Waals surface area contributed by atoms with Gasteiger partial charge in [0.15, 0.2) is 11.5 Å². The SMILES string of the molecule is CCOc1ccc(C(=O)NC2CCS(=O)(=O)CC2)cc1OCC. The Balaban J connectivity index is 2.05. The van der Waals surface area contributed by atoms with Crippen LogP contribution in [0.2, 0.25) is 0 Å². The van der Waals surface area contributed by atoms with Gasteiger partial charge in [-0.2, -0.15) is 0 Å². The van der Waals surface area contributed by atoms with Gasteiger partial charge in [0.1, 0.15) is 9.84 Å². The summed E-state index contributed by atoms with van der Waals surface area (Å²) in [7, 11) is -2.93. The highest BCUT2D eigenvalue weighted by Gasteiger charge is 2.25. The molecule has 1 aromatic carbocycles. The van der Waals surface area contributed by atoms with Crippen LogP contribution in [-0.4, -0.2) is 45.1 Å². The molecule has 0 aromatic heterocycles. The second-order valence-electron chi connectivity index (χ2n) is 5.43. The minimum absolute atomic E-state index is 0.104. The molecule has 128 valence electrons. The van der Waals surface area contributed by atoms with Gasteiger partial charge < -0.3 is 14.8 Å². The first-order valence-electron chi connectivity index (χ1n) is 7.86. The molecule has 1 amide bonds. The van der Waals surface area contributed by atoms with Crippen LogP contribution in [0.4, 0.5) is 0 Å². The van der Waals surface area contributed by atoms with Gasteiger partial charge in [0, 0.05) is 11.6 Å². The first kappa shape index (κ1) is 17.6. The number of rotatable bonds is 6. The van der Waals surface area contributed by atoms with Crippen molar-refractivity contribution in [1.82, 2.24) is 5.32 Å². The van der Waals surface area contributed by atoms with E-state index >= 15 is 0 Å². The number of carbonyl (C=O) groups is 1. The molecule has 0 radical (unpaired) electrons. The van der Waals surface area contributed by atoms with Crippen molar-refractivity contribution >= 4 is 15.7 Å². The van der Waals surface area contributed by atoms with E-state index in [1.54, 1.807) is 18.2 Å². The first-order chi connectivity index (χ1) is 10.9. The maximum absolute atomic E-state index is 12.3. The Morgan fingerprint density at radius 2 is 1.74 bits per heavy atom. The van der Waals surface area contributed by atoms with E-state index in [0.717, 1.165) is 0 Å². The van der Waals surface area contributed by atoms with Crippen LogP contribution < -0.4 is 14.8 Å². The summed E-state index contributed by atoms with van der Waals surface area (Å²) in [6.45, 7) is 4.74. The number of amides is 1. The molecule has 1 fully saturated rings. The molecule has 0 bridgehead atoms. The van der Waals surface area contributed by atoms with Crippen LogP contribution >= 0.6 is 0 Å². The van der Waals surface area contributed by atoms with E-state index in [0.29, 0.717) is 43.1 Å². The van der Waals surface area contributed by atoms with Crippen molar-refractivity contribution in [2.75, 3.05) is 24.7 Å². The molecule has 2 rings (SSSR count). The smallest absolute Gasteiger partial charge is 0.251 e. The summed E-state index contributed by atoms with van der Waals surface area (Å²) < 4.78 is 33.8. The fourth-order valence-corrected chi connectivity index (χ4v) is 3.99. The second-order valence-corrected chi connectivity index (χ2v) is 7.73. The van der Waals surface area contributed by atoms with E-state index in [2.05, 4.69) is 5.32 Å². The van der Waals surface area contributed by atoms with Gasteiger partial charge in [0.25, 0.3) is 5.91 Å². The van der Waals surface area contributed by atoms with Gasteiger partial charge in [0.05, 0.1) is 24.7 Å². The molecule has 0 spiro atoms. The zero-order valence-corrected chi connectivity index (χ0v) is 14.3. The topological polar surface area (TPSA) is 81.7 Å². The number of carbonyl (C=O) groups excluding carboxylic acids is 1. The molecule has 1 heterocycles. The fourth-order valence-electron chi connectivity index (χ4n) is 2.50. The molecule has 1 aromatic rings. The van der Waals surface area contributed by atoms with Gasteiger partial charge in [-0.1, -0.05) is 0 Å². The monoisotopic (exact) mass is 341 g/mol. The molecule has 6 nitrogen and oxygen atoms in total. The lowest BCUT2D eigenvalue weighted by molar-refractivity contribution is 0.0933. The lowest BCUT2D eigenvalue weighted by Crippen LogP contribution is -2.40. The number of ether oxygens (including phenoxy) is 2. The Labute approximate surface area is 137 Å². The minimum atomic E-state index is -2.93. The highest BCUT2D eigenvalue weighted by Crippen LogP contribution is 2.28. The summed E-state index contributed by atoms with van der Waals surface area (Å²) in [5, 5.41) is 2.89. The molecule has 1 saturated heterocycles. The molecular weight excluding hydrogens is 318 g/mol. The number of nitrogens with one attached hydrogen (secondary N) is 1. The molecule has 0 atom stereocenters. The molecule has 23 heavy (non-hydrogen) atoms. The third-order valence-electron chi connectivity index (χ3n) is 3.70. The number of hydrogen-bond acceptors (Lipinski definition) is 5. The van der Waals surface area contributed by atoms with Gasteiger partial charge in [0.2, 0.25) is 0 Å². The quantitative estimate of drug-likeness (QED) is 0.853. The van der Waals surface area contributed by atoms with Crippen LogP contribution in [0, 0.1) is 0 Å². The van der Waals surface area contributed by atoms with Crippen LogP contribution in [0.3, 0.4) is 0 Å². The lowest BCUT2D eigenvalue weighted by Gasteiger charge is -2.23. The maximum Gasteiger partial charge on any atom is 0.251 e. The van der Waals surface area contributed by atoms with E-state index in [1.165, 1.54) is 0 Å². The van der Waals surface area contributed by atoms with Crippen LogP contribution in [0.25, 0.3) is 0 Å². The highest BCUT2D eigenvalue weighted by molar-refractivity contribution is 7.91. The van der Waals surface area contributed by atoms with E-state index < -0.39 is 9.84 Å². The highest BCUT2D eigenvalue weighted by atomic mass is 32.2. The van der Waals surface area contributed by atoms with E-state index in [1.807, 2.05) is 13.8 Å². The summed E-state index contributed by atoms with van der Waals surface area (Å²) >= 11 is 0. The standard InChI is InChI=1S/C16H23NO5S/c1-3-21-14-6-5-12(11-15(14)22-4-2)16(18)17-13-7-9-23(19,20)10-8-13/h5-6,11,13H,3-4,7-10H2,1-2H3,(H,17,18). The van der Waals surface area contributed by atoms with Crippen LogP contribution in [0.5, 0.6) is 11.5 Å². The lowest BCUT2D eigenvalue weighted by atomic mass is 10.1. The van der Waals surface area contributed by atoms with Crippen LogP contribution in [0.1, 0.15) is 37.0 Å². The number of hydrogen-bond donors (Lipinski definition) is 1. The molecular formula is C16H23NO5S. The molecule has 0 saturated carbocycles. The number of sulfone groups is 1. The van der Waals surface area contributed by atoms with Crippen molar-refractivity contribution in [2.45, 2.75) is 32.7 Å². The predicted octanol–water partition coefficient (Wildman–Crippen LogP) is 1.79. The fraction of sp³-hybridized carbons (Fsp3) is 0.562. The predicted molar refractivity (Wildman–Crippen MR) is 87.9 cm³/mol. The summed E-state index contributed by atoms with van der Waals surface area (Å²) in [6.07, 6.45) is 0.923. The molecule has 1 aliphatic heterocycles. The molecule has 7 heteroatoms. The second kappa shape index (κ2) is 7.68. The molecule has 1 aliphatic rings. The Kier molecular flexibility index (Phi) is 5.87. The van der Waals surface area contributed by atoms with Crippen molar-refractivity contribution in [3.05, 3.63) is 23.8 Å². The largest absolute Gasteiger partial charge is 0.490 e. The van der Waals surface area contributed by atoms with Crippen LogP contribution in [-0.2, 0) is 9.84 Å². The van der Waals surface area contributed by atoms with Crippen molar-refractivity contribution in [2.24, 2.45) is 0 Å². The zero-order chi connectivity index (χ0) is 16.9. The van der Waals surface area contributed by atoms with E-state index in [9.17, 15) is 13.2 Å². The summed E-state index contributed by atoms with van der Waals surface area (Å²) in [4.78, 5) is 12.3. The van der Waals surface area contributed by atoms with Gasteiger partial charge >= 0.3 is 0 Å². The van der Waals surface area contributed by atoms with Crippen molar-refractivity contribution in [3.63, 3.8) is 0 Å². The Hall–Kier alpha value is -1.76. The molecule has 0 aliphatic carbocycles. The first-order valence-corrected chi connectivity index (χ1v) is 9.68. The Morgan fingerprint density at radius 1 is 1.13 bits per heavy atom.